The third-order valence-corrected chi connectivity index (χ3v) is 4.09. The van der Waals surface area contributed by atoms with E-state index in [2.05, 4.69) is 50.2 Å². The summed E-state index contributed by atoms with van der Waals surface area (Å²) in [5, 5.41) is 9.74. The van der Waals surface area contributed by atoms with Gasteiger partial charge >= 0.3 is 6.92 Å². The molecule has 0 unspecified atom stereocenters. The first-order valence-corrected chi connectivity index (χ1v) is 6.44. The van der Waals surface area contributed by atoms with Crippen LogP contribution >= 0.6 is 0 Å². The Kier molecular flexibility index (Phi) is 2.39. The number of hydrogen-bond donors (Lipinski definition) is 1. The molecule has 1 aliphatic carbocycles. The molecule has 2 heteroatoms. The molecule has 2 aromatic rings. The first-order chi connectivity index (χ1) is 8.51. The summed E-state index contributed by atoms with van der Waals surface area (Å²) in [5.41, 5.74) is 6.35. The van der Waals surface area contributed by atoms with Gasteiger partial charge in [-0.2, -0.15) is 0 Å². The Morgan fingerprint density at radius 1 is 0.944 bits per heavy atom. The lowest BCUT2D eigenvalue weighted by molar-refractivity contribution is 0.593. The molecule has 0 saturated carbocycles. The van der Waals surface area contributed by atoms with Crippen molar-refractivity contribution in [1.29, 1.82) is 0 Å². The highest BCUT2D eigenvalue weighted by Crippen LogP contribution is 2.47. The third kappa shape index (κ3) is 1.45. The topological polar surface area (TPSA) is 20.2 Å². The van der Waals surface area contributed by atoms with Gasteiger partial charge < -0.3 is 5.02 Å². The van der Waals surface area contributed by atoms with Gasteiger partial charge in [-0.15, -0.1) is 0 Å². The van der Waals surface area contributed by atoms with Crippen LogP contribution in [0, 0.1) is 0 Å². The average molecular weight is 236 g/mol. The monoisotopic (exact) mass is 236 g/mol. The highest BCUT2D eigenvalue weighted by atomic mass is 16.2. The lowest BCUT2D eigenvalue weighted by Crippen LogP contribution is -2.28. The summed E-state index contributed by atoms with van der Waals surface area (Å²) >= 11 is 0. The minimum Gasteiger partial charge on any atom is -0.447 e. The van der Waals surface area contributed by atoms with Gasteiger partial charge in [0.1, 0.15) is 0 Å². The Morgan fingerprint density at radius 3 is 2.33 bits per heavy atom. The summed E-state index contributed by atoms with van der Waals surface area (Å²) in [6.45, 7) is 5.92. The van der Waals surface area contributed by atoms with Crippen molar-refractivity contribution < 1.29 is 5.02 Å². The van der Waals surface area contributed by atoms with Crippen molar-refractivity contribution in [2.24, 2.45) is 0 Å². The van der Waals surface area contributed by atoms with Crippen LogP contribution in [0.15, 0.2) is 42.5 Å². The Bertz CT molecular complexity index is 614. The van der Waals surface area contributed by atoms with E-state index in [4.69, 9.17) is 0 Å². The summed E-state index contributed by atoms with van der Waals surface area (Å²) in [4.78, 5) is 0. The van der Waals surface area contributed by atoms with Crippen LogP contribution in [0.3, 0.4) is 0 Å². The van der Waals surface area contributed by atoms with Gasteiger partial charge in [0.05, 0.1) is 0 Å². The molecule has 0 radical (unpaired) electrons. The molecule has 3 rings (SSSR count). The standard InChI is InChI=1S/C16H17BO/c1-16(2)14-7-5-4-6-12(14)13-9-8-11(17(3)18)10-15(13)16/h4-10,18H,1-3H3. The SMILES string of the molecule is CB(O)c1ccc2c(c1)C(C)(C)c1ccccc1-2. The van der Waals surface area contributed by atoms with Gasteiger partial charge in [-0.25, -0.2) is 0 Å². The molecular weight excluding hydrogens is 219 g/mol. The maximum absolute atomic E-state index is 9.74. The van der Waals surface area contributed by atoms with E-state index in [1.54, 1.807) is 0 Å². The van der Waals surface area contributed by atoms with E-state index in [1.807, 2.05) is 12.9 Å². The molecule has 0 aliphatic heterocycles. The molecular formula is C16H17BO. The van der Waals surface area contributed by atoms with E-state index in [0.717, 1.165) is 5.46 Å². The number of hydrogen-bond acceptors (Lipinski definition) is 1. The highest BCUT2D eigenvalue weighted by molar-refractivity contribution is 6.64. The van der Waals surface area contributed by atoms with Crippen LogP contribution in [0.4, 0.5) is 0 Å². The minimum absolute atomic E-state index is 0.0246. The molecule has 1 N–H and O–H groups in total. The van der Waals surface area contributed by atoms with Crippen molar-refractivity contribution in [2.75, 3.05) is 0 Å². The fraction of sp³-hybridized carbons (Fsp3) is 0.250. The minimum atomic E-state index is -0.408. The third-order valence-electron chi connectivity index (χ3n) is 4.09. The van der Waals surface area contributed by atoms with Crippen LogP contribution in [0.5, 0.6) is 0 Å². The predicted molar refractivity (Wildman–Crippen MR) is 77.5 cm³/mol. The maximum Gasteiger partial charge on any atom is 0.320 e. The summed E-state index contributed by atoms with van der Waals surface area (Å²) in [6.07, 6.45) is 0. The van der Waals surface area contributed by atoms with Crippen LogP contribution < -0.4 is 5.46 Å². The molecule has 0 aromatic heterocycles. The summed E-state index contributed by atoms with van der Waals surface area (Å²) < 4.78 is 0. The van der Waals surface area contributed by atoms with Crippen LogP contribution in [0.2, 0.25) is 6.82 Å². The van der Waals surface area contributed by atoms with Gasteiger partial charge in [-0.3, -0.25) is 0 Å². The maximum atomic E-state index is 9.74. The van der Waals surface area contributed by atoms with E-state index in [0.29, 0.717) is 0 Å². The molecule has 0 atom stereocenters. The Morgan fingerprint density at radius 2 is 1.61 bits per heavy atom. The van der Waals surface area contributed by atoms with E-state index in [9.17, 15) is 5.02 Å². The number of fused-ring (bicyclic) bond motifs is 3. The molecule has 1 nitrogen and oxygen atoms in total. The van der Waals surface area contributed by atoms with Crippen molar-refractivity contribution in [1.82, 2.24) is 0 Å². The van der Waals surface area contributed by atoms with Crippen molar-refractivity contribution >= 4 is 12.4 Å². The Balaban J connectivity index is 2.28. The van der Waals surface area contributed by atoms with Crippen LogP contribution in [0.25, 0.3) is 11.1 Å². The van der Waals surface area contributed by atoms with Gasteiger partial charge in [-0.1, -0.05) is 63.1 Å². The average Bonchev–Trinajstić information content (AvgIpc) is 2.59. The zero-order chi connectivity index (χ0) is 12.9. The summed E-state index contributed by atoms with van der Waals surface area (Å²) in [7, 11) is 0. The van der Waals surface area contributed by atoms with Crippen molar-refractivity contribution in [3.8, 4) is 11.1 Å². The molecule has 1 aliphatic rings. The molecule has 2 aromatic carbocycles. The lowest BCUT2D eigenvalue weighted by Gasteiger charge is -2.22. The lowest BCUT2D eigenvalue weighted by atomic mass is 9.63. The van der Waals surface area contributed by atoms with Crippen LogP contribution in [-0.2, 0) is 5.41 Å². The molecule has 18 heavy (non-hydrogen) atoms. The van der Waals surface area contributed by atoms with Crippen molar-refractivity contribution in [2.45, 2.75) is 26.1 Å². The number of rotatable bonds is 1. The summed E-state index contributed by atoms with van der Waals surface area (Å²) in [5.74, 6) is 0. The highest BCUT2D eigenvalue weighted by Gasteiger charge is 2.35. The molecule has 0 bridgehead atoms. The van der Waals surface area contributed by atoms with E-state index < -0.39 is 6.92 Å². The zero-order valence-electron chi connectivity index (χ0n) is 11.1. The molecule has 0 heterocycles. The van der Waals surface area contributed by atoms with Crippen molar-refractivity contribution in [3.63, 3.8) is 0 Å². The second-order valence-electron chi connectivity index (χ2n) is 5.65. The molecule has 0 spiro atoms. The van der Waals surface area contributed by atoms with E-state index in [1.165, 1.54) is 22.3 Å². The second kappa shape index (κ2) is 3.73. The van der Waals surface area contributed by atoms with Gasteiger partial charge in [-0.05, 0) is 27.7 Å². The van der Waals surface area contributed by atoms with Gasteiger partial charge in [0.25, 0.3) is 0 Å². The first kappa shape index (κ1) is 11.5. The van der Waals surface area contributed by atoms with E-state index >= 15 is 0 Å². The normalized spacial score (nSPS) is 15.1. The zero-order valence-corrected chi connectivity index (χ0v) is 11.1. The Labute approximate surface area is 109 Å². The Hall–Kier alpha value is -1.54. The second-order valence-corrected chi connectivity index (χ2v) is 5.65. The predicted octanol–water partition coefficient (Wildman–Crippen LogP) is 2.81. The number of benzene rings is 2. The summed E-state index contributed by atoms with van der Waals surface area (Å²) in [6, 6.07) is 14.9. The fourth-order valence-corrected chi connectivity index (χ4v) is 2.98. The quantitative estimate of drug-likeness (QED) is 0.755. The van der Waals surface area contributed by atoms with Crippen LogP contribution in [0.1, 0.15) is 25.0 Å². The molecule has 0 fully saturated rings. The first-order valence-electron chi connectivity index (χ1n) is 6.44. The van der Waals surface area contributed by atoms with Gasteiger partial charge in [0, 0.05) is 5.41 Å². The fourth-order valence-electron chi connectivity index (χ4n) is 2.98. The molecule has 90 valence electrons. The smallest absolute Gasteiger partial charge is 0.320 e. The van der Waals surface area contributed by atoms with E-state index in [-0.39, 0.29) is 5.41 Å². The van der Waals surface area contributed by atoms with Gasteiger partial charge in [0.2, 0.25) is 0 Å². The molecule has 0 amide bonds. The van der Waals surface area contributed by atoms with Crippen molar-refractivity contribution in [3.05, 3.63) is 53.6 Å². The molecule has 0 saturated heterocycles. The largest absolute Gasteiger partial charge is 0.447 e. The van der Waals surface area contributed by atoms with Gasteiger partial charge in [0.15, 0.2) is 0 Å². The van der Waals surface area contributed by atoms with Crippen LogP contribution in [-0.4, -0.2) is 11.9 Å².